The molecule has 0 aliphatic carbocycles. The van der Waals surface area contributed by atoms with Crippen molar-refractivity contribution in [3.05, 3.63) is 33.8 Å². The molecule has 2 aromatic heterocycles. The first-order chi connectivity index (χ1) is 9.76. The van der Waals surface area contributed by atoms with Gasteiger partial charge in [0.25, 0.3) is 0 Å². The van der Waals surface area contributed by atoms with E-state index in [0.717, 1.165) is 12.1 Å². The SMILES string of the molecule is CCn1nc(C)c(Br)c1CS(=O)(=O)c1ccc(C(=O)O)o1. The Labute approximate surface area is 129 Å². The molecule has 0 radical (unpaired) electrons. The summed E-state index contributed by atoms with van der Waals surface area (Å²) in [5.41, 5.74) is 1.19. The van der Waals surface area contributed by atoms with Gasteiger partial charge in [-0.3, -0.25) is 4.68 Å². The van der Waals surface area contributed by atoms with Crippen LogP contribution in [-0.4, -0.2) is 29.3 Å². The zero-order chi connectivity index (χ0) is 15.8. The standard InChI is InChI=1S/C12H13BrN2O5S/c1-3-15-8(11(13)7(2)14-15)6-21(18,19)10-5-4-9(20-10)12(16)17/h4-5H,3,6H2,1-2H3,(H,16,17). The van der Waals surface area contributed by atoms with Gasteiger partial charge in [0, 0.05) is 6.54 Å². The Morgan fingerprint density at radius 1 is 1.48 bits per heavy atom. The molecule has 1 N–H and O–H groups in total. The summed E-state index contributed by atoms with van der Waals surface area (Å²) in [4.78, 5) is 10.7. The molecule has 0 fully saturated rings. The van der Waals surface area contributed by atoms with Crippen LogP contribution >= 0.6 is 15.9 Å². The molecule has 9 heteroatoms. The monoisotopic (exact) mass is 376 g/mol. The van der Waals surface area contributed by atoms with E-state index < -0.39 is 21.6 Å². The molecule has 114 valence electrons. The molecule has 21 heavy (non-hydrogen) atoms. The van der Waals surface area contributed by atoms with E-state index in [4.69, 9.17) is 9.52 Å². The number of hydrogen-bond donors (Lipinski definition) is 1. The number of aromatic carboxylic acids is 1. The summed E-state index contributed by atoms with van der Waals surface area (Å²) in [5, 5.41) is 12.6. The number of sulfone groups is 1. The molecule has 0 unspecified atom stereocenters. The Hall–Kier alpha value is -1.61. The molecule has 2 rings (SSSR count). The Balaban J connectivity index is 2.39. The molecule has 0 saturated heterocycles. The fourth-order valence-electron chi connectivity index (χ4n) is 1.86. The van der Waals surface area contributed by atoms with E-state index in [1.807, 2.05) is 6.92 Å². The van der Waals surface area contributed by atoms with E-state index in [2.05, 4.69) is 21.0 Å². The number of carboxylic acid groups (broad SMARTS) is 1. The van der Waals surface area contributed by atoms with Gasteiger partial charge in [0.15, 0.2) is 0 Å². The second-order valence-electron chi connectivity index (χ2n) is 4.34. The second-order valence-corrected chi connectivity index (χ2v) is 7.06. The van der Waals surface area contributed by atoms with E-state index >= 15 is 0 Å². The highest BCUT2D eigenvalue weighted by Gasteiger charge is 2.25. The van der Waals surface area contributed by atoms with Crippen LogP contribution < -0.4 is 0 Å². The number of nitrogens with zero attached hydrogens (tertiary/aromatic N) is 2. The van der Waals surface area contributed by atoms with Crippen molar-refractivity contribution in [1.29, 1.82) is 0 Å². The van der Waals surface area contributed by atoms with Gasteiger partial charge in [-0.05, 0) is 41.9 Å². The lowest BCUT2D eigenvalue weighted by molar-refractivity contribution is 0.0656. The minimum absolute atomic E-state index is 0.325. The van der Waals surface area contributed by atoms with Gasteiger partial charge < -0.3 is 9.52 Å². The first-order valence-corrected chi connectivity index (χ1v) is 8.48. The topological polar surface area (TPSA) is 102 Å². The summed E-state index contributed by atoms with van der Waals surface area (Å²) in [5.74, 6) is -2.05. The van der Waals surface area contributed by atoms with Crippen molar-refractivity contribution in [1.82, 2.24) is 9.78 Å². The number of furan rings is 1. The third-order valence-corrected chi connectivity index (χ3v) is 5.40. The van der Waals surface area contributed by atoms with Gasteiger partial charge in [0.2, 0.25) is 20.7 Å². The molecule has 0 spiro atoms. The predicted molar refractivity (Wildman–Crippen MR) is 76.9 cm³/mol. The maximum Gasteiger partial charge on any atom is 0.371 e. The molecule has 0 atom stereocenters. The Morgan fingerprint density at radius 2 is 2.14 bits per heavy atom. The van der Waals surface area contributed by atoms with Gasteiger partial charge in [0.05, 0.1) is 15.9 Å². The molecule has 0 aliphatic rings. The number of aryl methyl sites for hydroxylation is 2. The summed E-state index contributed by atoms with van der Waals surface area (Å²) >= 11 is 3.32. The summed E-state index contributed by atoms with van der Waals surface area (Å²) < 4.78 is 31.7. The van der Waals surface area contributed by atoms with Gasteiger partial charge in [0.1, 0.15) is 5.75 Å². The average molecular weight is 377 g/mol. The lowest BCUT2D eigenvalue weighted by Crippen LogP contribution is -2.10. The molecule has 0 aliphatic heterocycles. The highest BCUT2D eigenvalue weighted by Crippen LogP contribution is 2.26. The molecule has 7 nitrogen and oxygen atoms in total. The fraction of sp³-hybridized carbons (Fsp3) is 0.333. The van der Waals surface area contributed by atoms with Crippen LogP contribution in [0.3, 0.4) is 0 Å². The average Bonchev–Trinajstić information content (AvgIpc) is 3.00. The molecule has 0 aromatic carbocycles. The molecular weight excluding hydrogens is 364 g/mol. The summed E-state index contributed by atoms with van der Waals surface area (Å²) in [6, 6.07) is 2.26. The largest absolute Gasteiger partial charge is 0.475 e. The number of aromatic nitrogens is 2. The third-order valence-electron chi connectivity index (χ3n) is 2.88. The summed E-state index contributed by atoms with van der Waals surface area (Å²) in [7, 11) is -3.79. The molecule has 0 amide bonds. The van der Waals surface area contributed by atoms with Crippen LogP contribution in [0.5, 0.6) is 0 Å². The summed E-state index contributed by atoms with van der Waals surface area (Å²) in [6.07, 6.45) is 0. The van der Waals surface area contributed by atoms with Crippen LogP contribution in [0, 0.1) is 6.92 Å². The van der Waals surface area contributed by atoms with Crippen molar-refractivity contribution in [3.63, 3.8) is 0 Å². The number of rotatable bonds is 5. The number of halogens is 1. The number of carbonyl (C=O) groups is 1. The van der Waals surface area contributed by atoms with Crippen molar-refractivity contribution in [2.45, 2.75) is 31.2 Å². The van der Waals surface area contributed by atoms with Crippen LogP contribution in [0.25, 0.3) is 0 Å². The highest BCUT2D eigenvalue weighted by atomic mass is 79.9. The van der Waals surface area contributed by atoms with E-state index in [9.17, 15) is 13.2 Å². The minimum atomic E-state index is -3.79. The first-order valence-electron chi connectivity index (χ1n) is 6.04. The minimum Gasteiger partial charge on any atom is -0.475 e. The van der Waals surface area contributed by atoms with Crippen LogP contribution in [0.15, 0.2) is 26.1 Å². The van der Waals surface area contributed by atoms with Crippen LogP contribution in [0.1, 0.15) is 28.9 Å². The van der Waals surface area contributed by atoms with Gasteiger partial charge in [-0.25, -0.2) is 13.2 Å². The van der Waals surface area contributed by atoms with Crippen molar-refractivity contribution in [3.8, 4) is 0 Å². The van der Waals surface area contributed by atoms with Gasteiger partial charge in [-0.15, -0.1) is 0 Å². The van der Waals surface area contributed by atoms with E-state index in [-0.39, 0.29) is 10.8 Å². The lowest BCUT2D eigenvalue weighted by atomic mass is 10.4. The Bertz CT molecular complexity index is 791. The maximum atomic E-state index is 12.3. The number of hydrogen-bond acceptors (Lipinski definition) is 5. The number of carboxylic acids is 1. The fourth-order valence-corrected chi connectivity index (χ4v) is 3.76. The molecule has 0 saturated carbocycles. The van der Waals surface area contributed by atoms with Crippen molar-refractivity contribution in [2.75, 3.05) is 0 Å². The maximum absolute atomic E-state index is 12.3. The molecular formula is C12H13BrN2O5S. The van der Waals surface area contributed by atoms with Crippen molar-refractivity contribution in [2.24, 2.45) is 0 Å². The van der Waals surface area contributed by atoms with Crippen LogP contribution in [0.4, 0.5) is 0 Å². The predicted octanol–water partition coefficient (Wildman–Crippen LogP) is 2.24. The van der Waals surface area contributed by atoms with Crippen LogP contribution in [-0.2, 0) is 22.1 Å². The van der Waals surface area contributed by atoms with Crippen molar-refractivity contribution < 1.29 is 22.7 Å². The smallest absolute Gasteiger partial charge is 0.371 e. The van der Waals surface area contributed by atoms with E-state index in [1.54, 1.807) is 11.6 Å². The Kier molecular flexibility index (Phi) is 4.24. The van der Waals surface area contributed by atoms with Crippen molar-refractivity contribution >= 4 is 31.7 Å². The van der Waals surface area contributed by atoms with Crippen LogP contribution in [0.2, 0.25) is 0 Å². The highest BCUT2D eigenvalue weighted by molar-refractivity contribution is 9.10. The molecule has 2 aromatic rings. The second kappa shape index (κ2) is 5.64. The van der Waals surface area contributed by atoms with E-state index in [0.29, 0.717) is 22.4 Å². The van der Waals surface area contributed by atoms with E-state index in [1.165, 1.54) is 0 Å². The Morgan fingerprint density at radius 3 is 2.67 bits per heavy atom. The molecule has 2 heterocycles. The first kappa shape index (κ1) is 15.8. The zero-order valence-corrected chi connectivity index (χ0v) is 13.7. The zero-order valence-electron chi connectivity index (χ0n) is 11.3. The van der Waals surface area contributed by atoms with Gasteiger partial charge >= 0.3 is 5.97 Å². The quantitative estimate of drug-likeness (QED) is 0.857. The molecule has 0 bridgehead atoms. The summed E-state index contributed by atoms with van der Waals surface area (Å²) in [6.45, 7) is 4.14. The van der Waals surface area contributed by atoms with Gasteiger partial charge in [-0.2, -0.15) is 5.10 Å². The van der Waals surface area contributed by atoms with Gasteiger partial charge in [-0.1, -0.05) is 0 Å². The normalized spacial score (nSPS) is 11.8. The lowest BCUT2D eigenvalue weighted by Gasteiger charge is -2.05. The third kappa shape index (κ3) is 3.03.